The number of ether oxygens (including phenoxy) is 2. The number of hydrogen-bond acceptors (Lipinski definition) is 4. The number of carbonyl (C=O) groups is 2. The Morgan fingerprint density at radius 1 is 1.41 bits per heavy atom. The zero-order valence-corrected chi connectivity index (χ0v) is 12.5. The summed E-state index contributed by atoms with van der Waals surface area (Å²) in [6, 6.07) is 7.75. The fourth-order valence-electron chi connectivity index (χ4n) is 3.97. The van der Waals surface area contributed by atoms with E-state index in [4.69, 9.17) is 9.47 Å². The Labute approximate surface area is 128 Å². The second-order valence-corrected chi connectivity index (χ2v) is 6.13. The van der Waals surface area contributed by atoms with Gasteiger partial charge >= 0.3 is 5.97 Å². The number of fused-ring (bicyclic) bond motifs is 1. The number of anilines is 1. The first-order chi connectivity index (χ1) is 10.6. The van der Waals surface area contributed by atoms with E-state index in [9.17, 15) is 9.59 Å². The lowest BCUT2D eigenvalue weighted by Gasteiger charge is -2.22. The van der Waals surface area contributed by atoms with Crippen LogP contribution in [0.5, 0.6) is 0 Å². The van der Waals surface area contributed by atoms with E-state index >= 15 is 0 Å². The molecule has 0 saturated carbocycles. The molecule has 2 fully saturated rings. The lowest BCUT2D eigenvalue weighted by atomic mass is 9.77. The van der Waals surface area contributed by atoms with Gasteiger partial charge in [-0.3, -0.25) is 9.59 Å². The van der Waals surface area contributed by atoms with Gasteiger partial charge in [0.2, 0.25) is 5.91 Å². The van der Waals surface area contributed by atoms with Crippen molar-refractivity contribution in [1.29, 1.82) is 0 Å². The molecule has 0 unspecified atom stereocenters. The molecule has 1 aromatic rings. The van der Waals surface area contributed by atoms with Crippen LogP contribution in [0.15, 0.2) is 36.4 Å². The van der Waals surface area contributed by atoms with Crippen molar-refractivity contribution in [3.63, 3.8) is 0 Å². The molecule has 3 heterocycles. The lowest BCUT2D eigenvalue weighted by Crippen LogP contribution is -2.39. The minimum Gasteiger partial charge on any atom is -0.469 e. The molecule has 3 aliphatic heterocycles. The zero-order chi connectivity index (χ0) is 15.5. The highest BCUT2D eigenvalue weighted by Gasteiger charge is 2.67. The number of amides is 1. The SMILES string of the molecule is COC(=O)[C@H]1[C@H]2C=C[C@]3(CN(c4ccccc4C)C(=O)[C@@H]13)O2. The molecule has 3 aliphatic rings. The molecule has 2 saturated heterocycles. The molecule has 1 aromatic carbocycles. The van der Waals surface area contributed by atoms with E-state index in [1.54, 1.807) is 4.90 Å². The van der Waals surface area contributed by atoms with Crippen LogP contribution in [0.3, 0.4) is 0 Å². The van der Waals surface area contributed by atoms with Crippen molar-refractivity contribution >= 4 is 17.6 Å². The predicted octanol–water partition coefficient (Wildman–Crippen LogP) is 1.45. The van der Waals surface area contributed by atoms with Crippen LogP contribution in [0.25, 0.3) is 0 Å². The molecule has 22 heavy (non-hydrogen) atoms. The first-order valence-electron chi connectivity index (χ1n) is 7.39. The monoisotopic (exact) mass is 299 g/mol. The number of rotatable bonds is 2. The standard InChI is InChI=1S/C17H17NO4/c1-10-5-3-4-6-11(10)18-9-17-8-7-12(22-17)13(16(20)21-2)14(17)15(18)19/h3-8,12-14H,9H2,1-2H3/t12-,13+,14-,17-/m1/s1. The van der Waals surface area contributed by atoms with Gasteiger partial charge in [0.1, 0.15) is 11.5 Å². The third kappa shape index (κ3) is 1.57. The molecule has 5 nitrogen and oxygen atoms in total. The molecule has 4 atom stereocenters. The zero-order valence-electron chi connectivity index (χ0n) is 12.5. The molecule has 114 valence electrons. The molecule has 0 N–H and O–H groups in total. The lowest BCUT2D eigenvalue weighted by molar-refractivity contribution is -0.149. The number of hydrogen-bond donors (Lipinski definition) is 0. The Morgan fingerprint density at radius 2 is 2.18 bits per heavy atom. The summed E-state index contributed by atoms with van der Waals surface area (Å²) in [6.45, 7) is 2.42. The third-order valence-electron chi connectivity index (χ3n) is 4.98. The van der Waals surface area contributed by atoms with Crippen LogP contribution in [0, 0.1) is 18.8 Å². The van der Waals surface area contributed by atoms with Gasteiger partial charge in [0.15, 0.2) is 0 Å². The van der Waals surface area contributed by atoms with Crippen molar-refractivity contribution in [3.05, 3.63) is 42.0 Å². The summed E-state index contributed by atoms with van der Waals surface area (Å²) < 4.78 is 10.9. The Bertz CT molecular complexity index is 698. The molecule has 4 rings (SSSR count). The van der Waals surface area contributed by atoms with Gasteiger partial charge in [0, 0.05) is 5.69 Å². The van der Waals surface area contributed by atoms with E-state index in [1.165, 1.54) is 7.11 Å². The smallest absolute Gasteiger partial charge is 0.312 e. The summed E-state index contributed by atoms with van der Waals surface area (Å²) in [5.74, 6) is -1.47. The summed E-state index contributed by atoms with van der Waals surface area (Å²) in [5, 5.41) is 0. The van der Waals surface area contributed by atoms with Gasteiger partial charge in [-0.05, 0) is 18.6 Å². The first kappa shape index (κ1) is 13.5. The molecule has 1 amide bonds. The van der Waals surface area contributed by atoms with E-state index in [0.29, 0.717) is 6.54 Å². The Kier molecular flexibility index (Phi) is 2.72. The van der Waals surface area contributed by atoms with Gasteiger partial charge in [0.05, 0.1) is 25.7 Å². The maximum absolute atomic E-state index is 13.0. The van der Waals surface area contributed by atoms with Crippen molar-refractivity contribution in [3.8, 4) is 0 Å². The summed E-state index contributed by atoms with van der Waals surface area (Å²) in [6.07, 6.45) is 3.48. The Morgan fingerprint density at radius 3 is 2.91 bits per heavy atom. The summed E-state index contributed by atoms with van der Waals surface area (Å²) >= 11 is 0. The van der Waals surface area contributed by atoms with Crippen LogP contribution in [-0.4, -0.2) is 37.2 Å². The fourth-order valence-corrected chi connectivity index (χ4v) is 3.97. The number of carbonyl (C=O) groups excluding carboxylic acids is 2. The topological polar surface area (TPSA) is 55.8 Å². The van der Waals surface area contributed by atoms with Crippen LogP contribution in [0.2, 0.25) is 0 Å². The molecule has 5 heteroatoms. The molecular weight excluding hydrogens is 282 g/mol. The van der Waals surface area contributed by atoms with Crippen molar-refractivity contribution in [2.75, 3.05) is 18.6 Å². The number of benzene rings is 1. The third-order valence-corrected chi connectivity index (χ3v) is 4.98. The average Bonchev–Trinajstić information content (AvgIpc) is 3.15. The fraction of sp³-hybridized carbons (Fsp3) is 0.412. The highest BCUT2D eigenvalue weighted by molar-refractivity contribution is 6.03. The van der Waals surface area contributed by atoms with Gasteiger partial charge in [-0.25, -0.2) is 0 Å². The molecule has 1 spiro atoms. The minimum atomic E-state index is -0.692. The van der Waals surface area contributed by atoms with Crippen molar-refractivity contribution < 1.29 is 19.1 Å². The van der Waals surface area contributed by atoms with Crippen LogP contribution >= 0.6 is 0 Å². The largest absolute Gasteiger partial charge is 0.469 e. The summed E-state index contributed by atoms with van der Waals surface area (Å²) in [5.41, 5.74) is 1.21. The predicted molar refractivity (Wildman–Crippen MR) is 79.3 cm³/mol. The van der Waals surface area contributed by atoms with Crippen LogP contribution in [0.4, 0.5) is 5.69 Å². The van der Waals surface area contributed by atoms with Gasteiger partial charge < -0.3 is 14.4 Å². The number of para-hydroxylation sites is 1. The molecule has 0 aliphatic carbocycles. The van der Waals surface area contributed by atoms with Crippen LogP contribution < -0.4 is 4.90 Å². The molecule has 2 bridgehead atoms. The normalized spacial score (nSPS) is 35.1. The van der Waals surface area contributed by atoms with Gasteiger partial charge in [-0.15, -0.1) is 0 Å². The molecule has 0 aromatic heterocycles. The Hall–Kier alpha value is -2.14. The Balaban J connectivity index is 1.75. The van der Waals surface area contributed by atoms with Gasteiger partial charge in [-0.2, -0.15) is 0 Å². The summed E-state index contributed by atoms with van der Waals surface area (Å²) in [4.78, 5) is 26.8. The number of nitrogens with zero attached hydrogens (tertiary/aromatic N) is 1. The van der Waals surface area contributed by atoms with Crippen LogP contribution in [-0.2, 0) is 19.1 Å². The van der Waals surface area contributed by atoms with E-state index in [0.717, 1.165) is 11.3 Å². The van der Waals surface area contributed by atoms with Crippen molar-refractivity contribution in [1.82, 2.24) is 0 Å². The molecule has 0 radical (unpaired) electrons. The van der Waals surface area contributed by atoms with Gasteiger partial charge in [0.25, 0.3) is 0 Å². The maximum atomic E-state index is 13.0. The quantitative estimate of drug-likeness (QED) is 0.613. The highest BCUT2D eigenvalue weighted by Crippen LogP contribution is 2.53. The van der Waals surface area contributed by atoms with E-state index in [2.05, 4.69) is 0 Å². The molecular formula is C17H17NO4. The van der Waals surface area contributed by atoms with E-state index in [1.807, 2.05) is 43.3 Å². The number of methoxy groups -OCH3 is 1. The summed E-state index contributed by atoms with van der Waals surface area (Å²) in [7, 11) is 1.35. The van der Waals surface area contributed by atoms with E-state index < -0.39 is 17.4 Å². The second kappa shape index (κ2) is 4.43. The average molecular weight is 299 g/mol. The maximum Gasteiger partial charge on any atom is 0.312 e. The van der Waals surface area contributed by atoms with Crippen LogP contribution in [0.1, 0.15) is 5.56 Å². The first-order valence-corrected chi connectivity index (χ1v) is 7.39. The minimum absolute atomic E-state index is 0.0587. The second-order valence-electron chi connectivity index (χ2n) is 6.13. The van der Waals surface area contributed by atoms with Gasteiger partial charge in [-0.1, -0.05) is 30.4 Å². The van der Waals surface area contributed by atoms with Crippen molar-refractivity contribution in [2.24, 2.45) is 11.8 Å². The number of esters is 1. The van der Waals surface area contributed by atoms with E-state index in [-0.39, 0.29) is 18.0 Å². The van der Waals surface area contributed by atoms with Crippen molar-refractivity contribution in [2.45, 2.75) is 18.6 Å². The highest BCUT2D eigenvalue weighted by atomic mass is 16.5. The number of aryl methyl sites for hydroxylation is 1.